The Hall–Kier alpha value is -1.07. The Morgan fingerprint density at radius 1 is 1.13 bits per heavy atom. The molecule has 130 valence electrons. The maximum Gasteiger partial charge on any atom is 0.243 e. The van der Waals surface area contributed by atoms with Crippen LogP contribution in [0.3, 0.4) is 0 Å². The van der Waals surface area contributed by atoms with Gasteiger partial charge in [-0.1, -0.05) is 33.6 Å². The second-order valence-corrected chi connectivity index (χ2v) is 8.46. The second kappa shape index (κ2) is 8.15. The highest BCUT2D eigenvalue weighted by atomic mass is 32.2. The first-order valence-corrected chi connectivity index (χ1v) is 10.2. The van der Waals surface area contributed by atoms with Gasteiger partial charge >= 0.3 is 0 Å². The zero-order valence-corrected chi connectivity index (χ0v) is 15.4. The molecule has 0 N–H and O–H groups in total. The number of hydrogen-bond donors (Lipinski definition) is 0. The molecule has 0 radical (unpaired) electrons. The Bertz CT molecular complexity index is 603. The molecule has 1 aliphatic rings. The van der Waals surface area contributed by atoms with Gasteiger partial charge in [0.25, 0.3) is 0 Å². The summed E-state index contributed by atoms with van der Waals surface area (Å²) in [6.45, 7) is 8.11. The van der Waals surface area contributed by atoms with Crippen LogP contribution in [-0.4, -0.2) is 32.4 Å². The molecule has 5 heteroatoms. The standard InChI is InChI=1S/C18H29NO3S/c1-4-13-22-18-10-9-16(14-17(18)15(2)3)23(20,21)19-11-7-5-6-8-12-19/h9-10,14-15H,4-8,11-13H2,1-3H3. The maximum absolute atomic E-state index is 12.9. The third kappa shape index (κ3) is 4.48. The molecule has 0 unspecified atom stereocenters. The summed E-state index contributed by atoms with van der Waals surface area (Å²) in [7, 11) is -3.40. The number of nitrogens with zero attached hydrogens (tertiary/aromatic N) is 1. The predicted molar refractivity (Wildman–Crippen MR) is 93.5 cm³/mol. The SMILES string of the molecule is CCCOc1ccc(S(=O)(=O)N2CCCCCC2)cc1C(C)C. The topological polar surface area (TPSA) is 46.6 Å². The van der Waals surface area contributed by atoms with E-state index in [1.807, 2.05) is 6.07 Å². The normalized spacial score (nSPS) is 17.2. The molecule has 1 saturated heterocycles. The summed E-state index contributed by atoms with van der Waals surface area (Å²) < 4.78 is 33.3. The largest absolute Gasteiger partial charge is 0.493 e. The van der Waals surface area contributed by atoms with Crippen LogP contribution < -0.4 is 4.74 Å². The van der Waals surface area contributed by atoms with Crippen molar-refractivity contribution in [3.05, 3.63) is 23.8 Å². The number of sulfonamides is 1. The average molecular weight is 340 g/mol. The van der Waals surface area contributed by atoms with Crippen molar-refractivity contribution < 1.29 is 13.2 Å². The summed E-state index contributed by atoms with van der Waals surface area (Å²) in [6, 6.07) is 5.31. The van der Waals surface area contributed by atoms with Gasteiger partial charge in [0.05, 0.1) is 11.5 Å². The molecule has 2 rings (SSSR count). The van der Waals surface area contributed by atoms with Crippen molar-refractivity contribution >= 4 is 10.0 Å². The third-order valence-electron chi connectivity index (χ3n) is 4.27. The molecule has 0 bridgehead atoms. The minimum atomic E-state index is -3.40. The molecule has 0 aromatic heterocycles. The molecule has 1 aliphatic heterocycles. The molecule has 1 fully saturated rings. The van der Waals surface area contributed by atoms with Gasteiger partial charge in [-0.25, -0.2) is 8.42 Å². The van der Waals surface area contributed by atoms with Crippen LogP contribution in [0.15, 0.2) is 23.1 Å². The summed E-state index contributed by atoms with van der Waals surface area (Å²) in [5.41, 5.74) is 0.967. The zero-order chi connectivity index (χ0) is 16.9. The second-order valence-electron chi connectivity index (χ2n) is 6.52. The van der Waals surface area contributed by atoms with Crippen molar-refractivity contribution in [2.45, 2.75) is 63.7 Å². The summed E-state index contributed by atoms with van der Waals surface area (Å²) >= 11 is 0. The van der Waals surface area contributed by atoms with Crippen molar-refractivity contribution in [1.29, 1.82) is 0 Å². The van der Waals surface area contributed by atoms with Crippen molar-refractivity contribution in [1.82, 2.24) is 4.31 Å². The monoisotopic (exact) mass is 339 g/mol. The van der Waals surface area contributed by atoms with Crippen LogP contribution in [0.25, 0.3) is 0 Å². The van der Waals surface area contributed by atoms with Crippen LogP contribution in [0.1, 0.15) is 64.4 Å². The summed E-state index contributed by atoms with van der Waals surface area (Å²) in [5, 5.41) is 0. The summed E-state index contributed by atoms with van der Waals surface area (Å²) in [5.74, 6) is 1.03. The van der Waals surface area contributed by atoms with Gasteiger partial charge in [-0.05, 0) is 48.9 Å². The number of rotatable bonds is 6. The molecule has 0 atom stereocenters. The Balaban J connectivity index is 2.32. The molecule has 1 aromatic rings. The van der Waals surface area contributed by atoms with E-state index < -0.39 is 10.0 Å². The Labute approximate surface area is 140 Å². The smallest absolute Gasteiger partial charge is 0.243 e. The van der Waals surface area contributed by atoms with E-state index in [2.05, 4.69) is 20.8 Å². The lowest BCUT2D eigenvalue weighted by Crippen LogP contribution is -2.32. The van der Waals surface area contributed by atoms with Crippen LogP contribution in [-0.2, 0) is 10.0 Å². The molecule has 4 nitrogen and oxygen atoms in total. The van der Waals surface area contributed by atoms with E-state index in [9.17, 15) is 8.42 Å². The minimum absolute atomic E-state index is 0.223. The van der Waals surface area contributed by atoms with Crippen molar-refractivity contribution in [2.24, 2.45) is 0 Å². The van der Waals surface area contributed by atoms with E-state index in [4.69, 9.17) is 4.74 Å². The lowest BCUT2D eigenvalue weighted by Gasteiger charge is -2.21. The molecular weight excluding hydrogens is 310 g/mol. The first-order valence-electron chi connectivity index (χ1n) is 8.73. The lowest BCUT2D eigenvalue weighted by molar-refractivity contribution is 0.312. The fourth-order valence-corrected chi connectivity index (χ4v) is 4.47. The van der Waals surface area contributed by atoms with Crippen molar-refractivity contribution in [3.63, 3.8) is 0 Å². The molecular formula is C18H29NO3S. The summed E-state index contributed by atoms with van der Waals surface area (Å²) in [6.07, 6.45) is 5.08. The van der Waals surface area contributed by atoms with Gasteiger partial charge < -0.3 is 4.74 Å². The van der Waals surface area contributed by atoms with Crippen LogP contribution in [0, 0.1) is 0 Å². The van der Waals surface area contributed by atoms with Crippen LogP contribution in [0.2, 0.25) is 0 Å². The van der Waals surface area contributed by atoms with Crippen LogP contribution in [0.4, 0.5) is 0 Å². The van der Waals surface area contributed by atoms with Crippen LogP contribution in [0.5, 0.6) is 5.75 Å². The van der Waals surface area contributed by atoms with E-state index in [0.29, 0.717) is 24.6 Å². The number of benzene rings is 1. The van der Waals surface area contributed by atoms with Gasteiger partial charge in [-0.3, -0.25) is 0 Å². The van der Waals surface area contributed by atoms with Gasteiger partial charge in [-0.15, -0.1) is 0 Å². The average Bonchev–Trinajstić information content (AvgIpc) is 2.82. The zero-order valence-electron chi connectivity index (χ0n) is 14.5. The highest BCUT2D eigenvalue weighted by molar-refractivity contribution is 7.89. The van der Waals surface area contributed by atoms with Gasteiger partial charge in [-0.2, -0.15) is 4.31 Å². The molecule has 0 spiro atoms. The fourth-order valence-electron chi connectivity index (χ4n) is 2.91. The first-order chi connectivity index (χ1) is 11.0. The molecule has 0 aliphatic carbocycles. The third-order valence-corrected chi connectivity index (χ3v) is 6.16. The predicted octanol–water partition coefficient (Wildman–Crippen LogP) is 4.16. The lowest BCUT2D eigenvalue weighted by atomic mass is 10.0. The van der Waals surface area contributed by atoms with Crippen molar-refractivity contribution in [3.8, 4) is 5.75 Å². The van der Waals surface area contributed by atoms with Gasteiger partial charge in [0, 0.05) is 13.1 Å². The first kappa shape index (κ1) is 18.3. The minimum Gasteiger partial charge on any atom is -0.493 e. The van der Waals surface area contributed by atoms with Gasteiger partial charge in [0.1, 0.15) is 5.75 Å². The number of hydrogen-bond acceptors (Lipinski definition) is 3. The highest BCUT2D eigenvalue weighted by Gasteiger charge is 2.26. The highest BCUT2D eigenvalue weighted by Crippen LogP contribution is 2.31. The fraction of sp³-hybridized carbons (Fsp3) is 0.667. The molecule has 1 heterocycles. The molecule has 0 amide bonds. The van der Waals surface area contributed by atoms with Crippen molar-refractivity contribution in [2.75, 3.05) is 19.7 Å². The Morgan fingerprint density at radius 2 is 1.78 bits per heavy atom. The quantitative estimate of drug-likeness (QED) is 0.781. The summed E-state index contributed by atoms with van der Waals surface area (Å²) in [4.78, 5) is 0.395. The molecule has 0 saturated carbocycles. The maximum atomic E-state index is 12.9. The Kier molecular flexibility index (Phi) is 6.48. The van der Waals surface area contributed by atoms with E-state index >= 15 is 0 Å². The molecule has 23 heavy (non-hydrogen) atoms. The van der Waals surface area contributed by atoms with Gasteiger partial charge in [0.2, 0.25) is 10.0 Å². The van der Waals surface area contributed by atoms with Crippen LogP contribution >= 0.6 is 0 Å². The van der Waals surface area contributed by atoms with E-state index in [0.717, 1.165) is 43.4 Å². The van der Waals surface area contributed by atoms with E-state index in [1.54, 1.807) is 16.4 Å². The van der Waals surface area contributed by atoms with Gasteiger partial charge in [0.15, 0.2) is 0 Å². The van der Waals surface area contributed by atoms with E-state index in [-0.39, 0.29) is 5.92 Å². The molecule has 1 aromatic carbocycles. The van der Waals surface area contributed by atoms with E-state index in [1.165, 1.54) is 0 Å². The number of ether oxygens (including phenoxy) is 1. The Morgan fingerprint density at radius 3 is 2.35 bits per heavy atom.